The fourth-order valence-electron chi connectivity index (χ4n) is 2.81. The minimum atomic E-state index is -0.355. The molecule has 0 aliphatic rings. The zero-order chi connectivity index (χ0) is 19.8. The van der Waals surface area contributed by atoms with Crippen molar-refractivity contribution in [3.8, 4) is 6.07 Å². The third-order valence-corrected chi connectivity index (χ3v) is 4.30. The number of guanidine groups is 1. The van der Waals surface area contributed by atoms with Crippen LogP contribution in [0.3, 0.4) is 0 Å². The van der Waals surface area contributed by atoms with E-state index >= 15 is 0 Å². The number of halogens is 2. The minimum Gasteiger partial charge on any atom is -0.352 e. The Morgan fingerprint density at radius 2 is 1.83 bits per heavy atom. The summed E-state index contributed by atoms with van der Waals surface area (Å²) in [5, 5.41) is 19.6. The topological polar surface area (TPSA) is 78.0 Å². The summed E-state index contributed by atoms with van der Waals surface area (Å²) in [5.41, 5.74) is 3.12. The van der Waals surface area contributed by atoms with E-state index in [0.29, 0.717) is 30.2 Å². The molecule has 0 saturated carbocycles. The zero-order valence-corrected chi connectivity index (χ0v) is 18.3. The molecule has 1 aromatic heterocycles. The molecule has 29 heavy (non-hydrogen) atoms. The Balaban J connectivity index is 0.00000300. The Labute approximate surface area is 186 Å². The lowest BCUT2D eigenvalue weighted by molar-refractivity contribution is 0.604. The van der Waals surface area contributed by atoms with E-state index in [9.17, 15) is 4.39 Å². The van der Waals surface area contributed by atoms with Gasteiger partial charge in [-0.05, 0) is 35.4 Å². The first-order valence-electron chi connectivity index (χ1n) is 8.87. The number of nitrogens with zero attached hydrogens (tertiary/aromatic N) is 4. The van der Waals surface area contributed by atoms with Crippen LogP contribution < -0.4 is 10.6 Å². The second kappa shape index (κ2) is 11.2. The van der Waals surface area contributed by atoms with Crippen LogP contribution in [0, 0.1) is 17.1 Å². The molecule has 150 valence electrons. The fourth-order valence-corrected chi connectivity index (χ4v) is 2.81. The Bertz CT molecular complexity index is 995. The van der Waals surface area contributed by atoms with E-state index in [2.05, 4.69) is 32.9 Å². The Morgan fingerprint density at radius 3 is 2.48 bits per heavy atom. The van der Waals surface area contributed by atoms with E-state index in [0.717, 1.165) is 11.1 Å². The van der Waals surface area contributed by atoms with Gasteiger partial charge < -0.3 is 10.6 Å². The van der Waals surface area contributed by atoms with Crippen molar-refractivity contribution in [2.24, 2.45) is 4.99 Å². The molecule has 0 spiro atoms. The van der Waals surface area contributed by atoms with Crippen molar-refractivity contribution in [2.45, 2.75) is 19.6 Å². The highest BCUT2D eigenvalue weighted by molar-refractivity contribution is 14.0. The second-order valence-corrected chi connectivity index (χ2v) is 6.17. The van der Waals surface area contributed by atoms with Crippen molar-refractivity contribution in [3.05, 3.63) is 89.0 Å². The summed E-state index contributed by atoms with van der Waals surface area (Å²) in [6.07, 6.45) is 3.68. The molecule has 0 amide bonds. The molecule has 0 unspecified atom stereocenters. The van der Waals surface area contributed by atoms with Crippen LogP contribution in [0.1, 0.15) is 22.3 Å². The van der Waals surface area contributed by atoms with E-state index in [1.807, 2.05) is 35.1 Å². The summed E-state index contributed by atoms with van der Waals surface area (Å²) in [5.74, 6) is 0.196. The average molecular weight is 504 g/mol. The predicted molar refractivity (Wildman–Crippen MR) is 121 cm³/mol. The number of nitriles is 1. The maximum Gasteiger partial charge on any atom is 0.191 e. The first-order valence-corrected chi connectivity index (χ1v) is 8.87. The quantitative estimate of drug-likeness (QED) is 0.307. The zero-order valence-electron chi connectivity index (χ0n) is 16.0. The third kappa shape index (κ3) is 6.29. The van der Waals surface area contributed by atoms with E-state index in [1.54, 1.807) is 13.2 Å². The number of nitrogens with one attached hydrogen (secondary N) is 2. The number of rotatable bonds is 6. The largest absolute Gasteiger partial charge is 0.352 e. The van der Waals surface area contributed by atoms with E-state index < -0.39 is 0 Å². The van der Waals surface area contributed by atoms with Crippen molar-refractivity contribution in [1.29, 1.82) is 5.26 Å². The van der Waals surface area contributed by atoms with Gasteiger partial charge in [0.1, 0.15) is 5.82 Å². The highest BCUT2D eigenvalue weighted by atomic mass is 127. The molecule has 6 nitrogen and oxygen atoms in total. The second-order valence-electron chi connectivity index (χ2n) is 6.17. The summed E-state index contributed by atoms with van der Waals surface area (Å²) in [6.45, 7) is 1.48. The minimum absolute atomic E-state index is 0. The van der Waals surface area contributed by atoms with Crippen molar-refractivity contribution in [1.82, 2.24) is 20.4 Å². The van der Waals surface area contributed by atoms with Gasteiger partial charge in [0.05, 0.1) is 18.2 Å². The third-order valence-electron chi connectivity index (χ3n) is 4.30. The molecule has 3 aromatic rings. The van der Waals surface area contributed by atoms with Crippen LogP contribution in [0.15, 0.2) is 65.9 Å². The lowest BCUT2D eigenvalue weighted by Crippen LogP contribution is -2.36. The normalized spacial score (nSPS) is 10.7. The average Bonchev–Trinajstić information content (AvgIpc) is 3.23. The maximum absolute atomic E-state index is 13.9. The number of benzene rings is 2. The maximum atomic E-state index is 13.9. The van der Waals surface area contributed by atoms with Crippen molar-refractivity contribution < 1.29 is 4.39 Å². The summed E-state index contributed by atoms with van der Waals surface area (Å²) >= 11 is 0. The highest BCUT2D eigenvalue weighted by Crippen LogP contribution is 2.11. The molecule has 0 bridgehead atoms. The number of aromatic nitrogens is 2. The van der Waals surface area contributed by atoms with Gasteiger partial charge in [-0.15, -0.1) is 24.0 Å². The molecule has 8 heteroatoms. The van der Waals surface area contributed by atoms with E-state index in [4.69, 9.17) is 5.26 Å². The van der Waals surface area contributed by atoms with Crippen molar-refractivity contribution in [2.75, 3.05) is 7.05 Å². The van der Waals surface area contributed by atoms with E-state index in [1.165, 1.54) is 18.2 Å². The summed E-state index contributed by atoms with van der Waals surface area (Å²) < 4.78 is 15.8. The van der Waals surface area contributed by atoms with Crippen LogP contribution in [0.4, 0.5) is 4.39 Å². The van der Waals surface area contributed by atoms with Gasteiger partial charge in [-0.1, -0.05) is 24.3 Å². The molecule has 0 radical (unpaired) electrons. The summed E-state index contributed by atoms with van der Waals surface area (Å²) in [6, 6.07) is 16.3. The predicted octanol–water partition coefficient (Wildman–Crippen LogP) is 3.43. The lowest BCUT2D eigenvalue weighted by atomic mass is 10.1. The van der Waals surface area contributed by atoms with Crippen molar-refractivity contribution in [3.63, 3.8) is 0 Å². The smallest absolute Gasteiger partial charge is 0.191 e. The molecule has 0 aliphatic heterocycles. The van der Waals surface area contributed by atoms with Gasteiger partial charge in [0.25, 0.3) is 0 Å². The molecule has 2 N–H and O–H groups in total. The standard InChI is InChI=1S/C21H21FN6.HI/c1-24-21(26-14-19-11-16(12-23)7-8-20(19)22)25-13-17-5-2-3-6-18(17)15-28-10-4-9-27-28;/h2-11H,13-15H2,1H3,(H2,24,25,26);1H. The van der Waals surface area contributed by atoms with Gasteiger partial charge in [-0.3, -0.25) is 9.67 Å². The molecule has 0 fully saturated rings. The van der Waals surface area contributed by atoms with Crippen LogP contribution >= 0.6 is 24.0 Å². The first kappa shape index (κ1) is 22.4. The molecule has 3 rings (SSSR count). The van der Waals surface area contributed by atoms with Crippen LogP contribution in [0.2, 0.25) is 0 Å². The molecule has 2 aromatic carbocycles. The molecule has 0 aliphatic carbocycles. The van der Waals surface area contributed by atoms with E-state index in [-0.39, 0.29) is 36.3 Å². The molecule has 0 saturated heterocycles. The number of hydrogen-bond acceptors (Lipinski definition) is 3. The summed E-state index contributed by atoms with van der Waals surface area (Å²) in [4.78, 5) is 4.19. The number of hydrogen-bond donors (Lipinski definition) is 2. The molecular formula is C21H22FIN6. The summed E-state index contributed by atoms with van der Waals surface area (Å²) in [7, 11) is 1.66. The Hall–Kier alpha value is -2.93. The van der Waals surface area contributed by atoms with Gasteiger partial charge in [0.15, 0.2) is 5.96 Å². The SMILES string of the molecule is CN=C(NCc1cc(C#N)ccc1F)NCc1ccccc1Cn1cccn1.I. The molecule has 0 atom stereocenters. The van der Waals surface area contributed by atoms with Gasteiger partial charge in [-0.2, -0.15) is 10.4 Å². The Kier molecular flexibility index (Phi) is 8.61. The van der Waals surface area contributed by atoms with Gasteiger partial charge in [-0.25, -0.2) is 4.39 Å². The van der Waals surface area contributed by atoms with Gasteiger partial charge in [0.2, 0.25) is 0 Å². The van der Waals surface area contributed by atoms with Gasteiger partial charge in [0, 0.05) is 38.1 Å². The van der Waals surface area contributed by atoms with Crippen LogP contribution in [-0.4, -0.2) is 22.8 Å². The fraction of sp³-hybridized carbons (Fsp3) is 0.190. The van der Waals surface area contributed by atoms with Crippen LogP contribution in [0.5, 0.6) is 0 Å². The highest BCUT2D eigenvalue weighted by Gasteiger charge is 2.07. The van der Waals surface area contributed by atoms with Gasteiger partial charge >= 0.3 is 0 Å². The Morgan fingerprint density at radius 1 is 1.10 bits per heavy atom. The molecular weight excluding hydrogens is 482 g/mol. The monoisotopic (exact) mass is 504 g/mol. The van der Waals surface area contributed by atoms with Crippen LogP contribution in [-0.2, 0) is 19.6 Å². The molecule has 1 heterocycles. The van der Waals surface area contributed by atoms with Crippen molar-refractivity contribution >= 4 is 29.9 Å². The van der Waals surface area contributed by atoms with Crippen LogP contribution in [0.25, 0.3) is 0 Å². The number of aliphatic imine (C=N–C) groups is 1. The lowest BCUT2D eigenvalue weighted by Gasteiger charge is -2.15. The first-order chi connectivity index (χ1) is 13.7.